The number of rotatable bonds is 5. The van der Waals surface area contributed by atoms with E-state index < -0.39 is 48.5 Å². The highest BCUT2D eigenvalue weighted by molar-refractivity contribution is 5.69. The monoisotopic (exact) mass is 320 g/mol. The molecule has 1 fully saturated rings. The molecule has 0 aromatic rings. The SMILES string of the molecule is CCC(=O)OC1OC(COC(C)=O)[C@@H](F)C(OC(C)=O)[C@@H]1C. The third-order valence-corrected chi connectivity index (χ3v) is 3.21. The van der Waals surface area contributed by atoms with Crippen molar-refractivity contribution in [2.75, 3.05) is 6.61 Å². The molecule has 5 atom stereocenters. The van der Waals surface area contributed by atoms with Gasteiger partial charge in [0, 0.05) is 20.3 Å². The van der Waals surface area contributed by atoms with Crippen molar-refractivity contribution in [3.8, 4) is 0 Å². The predicted molar refractivity (Wildman–Crippen MR) is 71.3 cm³/mol. The maximum Gasteiger partial charge on any atom is 0.307 e. The van der Waals surface area contributed by atoms with E-state index in [0.29, 0.717) is 0 Å². The first kappa shape index (κ1) is 18.3. The van der Waals surface area contributed by atoms with Gasteiger partial charge in [-0.3, -0.25) is 14.4 Å². The number of alkyl halides is 1. The van der Waals surface area contributed by atoms with Crippen LogP contribution in [-0.2, 0) is 33.3 Å². The summed E-state index contributed by atoms with van der Waals surface area (Å²) < 4.78 is 34.6. The molecule has 126 valence electrons. The van der Waals surface area contributed by atoms with Crippen molar-refractivity contribution in [1.82, 2.24) is 0 Å². The van der Waals surface area contributed by atoms with Crippen molar-refractivity contribution < 1.29 is 37.7 Å². The van der Waals surface area contributed by atoms with E-state index in [1.807, 2.05) is 0 Å². The van der Waals surface area contributed by atoms with E-state index in [4.69, 9.17) is 18.9 Å². The molecular weight excluding hydrogens is 299 g/mol. The smallest absolute Gasteiger partial charge is 0.307 e. The van der Waals surface area contributed by atoms with Gasteiger partial charge in [-0.15, -0.1) is 0 Å². The lowest BCUT2D eigenvalue weighted by Gasteiger charge is -2.40. The first-order chi connectivity index (χ1) is 10.3. The fourth-order valence-electron chi connectivity index (χ4n) is 2.07. The number of esters is 3. The Bertz CT molecular complexity index is 425. The summed E-state index contributed by atoms with van der Waals surface area (Å²) in [5.41, 5.74) is 0. The van der Waals surface area contributed by atoms with Crippen LogP contribution in [0.5, 0.6) is 0 Å². The summed E-state index contributed by atoms with van der Waals surface area (Å²) in [5, 5.41) is 0. The van der Waals surface area contributed by atoms with Crippen molar-refractivity contribution in [1.29, 1.82) is 0 Å². The number of halogens is 1. The normalized spacial score (nSPS) is 31.2. The zero-order valence-corrected chi connectivity index (χ0v) is 13.0. The minimum Gasteiger partial charge on any atom is -0.463 e. The van der Waals surface area contributed by atoms with Crippen LogP contribution in [0.15, 0.2) is 0 Å². The molecule has 0 bridgehead atoms. The van der Waals surface area contributed by atoms with E-state index in [1.54, 1.807) is 13.8 Å². The van der Waals surface area contributed by atoms with Crippen molar-refractivity contribution in [2.24, 2.45) is 5.92 Å². The average Bonchev–Trinajstić information content (AvgIpc) is 2.44. The molecule has 0 spiro atoms. The Labute approximate surface area is 128 Å². The van der Waals surface area contributed by atoms with Crippen molar-refractivity contribution in [2.45, 2.75) is 58.8 Å². The van der Waals surface area contributed by atoms with Gasteiger partial charge in [0.05, 0.1) is 5.92 Å². The molecule has 0 aliphatic carbocycles. The molecule has 8 heteroatoms. The topological polar surface area (TPSA) is 88.1 Å². The second kappa shape index (κ2) is 8.07. The van der Waals surface area contributed by atoms with E-state index >= 15 is 0 Å². The van der Waals surface area contributed by atoms with Gasteiger partial charge in [-0.25, -0.2) is 4.39 Å². The zero-order chi connectivity index (χ0) is 16.9. The van der Waals surface area contributed by atoms with E-state index in [9.17, 15) is 18.8 Å². The summed E-state index contributed by atoms with van der Waals surface area (Å²) in [6, 6.07) is 0. The molecule has 7 nitrogen and oxygen atoms in total. The Kier molecular flexibility index (Phi) is 6.73. The summed E-state index contributed by atoms with van der Waals surface area (Å²) in [4.78, 5) is 33.4. The molecular formula is C14H21FO7. The van der Waals surface area contributed by atoms with Gasteiger partial charge < -0.3 is 18.9 Å². The average molecular weight is 320 g/mol. The summed E-state index contributed by atoms with van der Waals surface area (Å²) in [5.74, 6) is -2.47. The quantitative estimate of drug-likeness (QED) is 0.554. The van der Waals surface area contributed by atoms with Gasteiger partial charge in [0.2, 0.25) is 6.29 Å². The molecule has 3 unspecified atom stereocenters. The third-order valence-electron chi connectivity index (χ3n) is 3.21. The van der Waals surface area contributed by atoms with Gasteiger partial charge in [-0.1, -0.05) is 13.8 Å². The van der Waals surface area contributed by atoms with Crippen LogP contribution in [0.4, 0.5) is 4.39 Å². The Morgan fingerprint density at radius 3 is 2.27 bits per heavy atom. The maximum absolute atomic E-state index is 14.4. The highest BCUT2D eigenvalue weighted by Crippen LogP contribution is 2.31. The lowest BCUT2D eigenvalue weighted by Crippen LogP contribution is -2.55. The lowest BCUT2D eigenvalue weighted by molar-refractivity contribution is -0.267. The largest absolute Gasteiger partial charge is 0.463 e. The molecule has 1 heterocycles. The summed E-state index contributed by atoms with van der Waals surface area (Å²) >= 11 is 0. The van der Waals surface area contributed by atoms with Gasteiger partial charge in [-0.2, -0.15) is 0 Å². The molecule has 1 saturated heterocycles. The summed E-state index contributed by atoms with van der Waals surface area (Å²) in [7, 11) is 0. The molecule has 0 saturated carbocycles. The number of ether oxygens (including phenoxy) is 4. The van der Waals surface area contributed by atoms with Crippen LogP contribution in [0.3, 0.4) is 0 Å². The highest BCUT2D eigenvalue weighted by atomic mass is 19.1. The molecule has 22 heavy (non-hydrogen) atoms. The molecule has 0 aromatic carbocycles. The van der Waals surface area contributed by atoms with Crippen LogP contribution >= 0.6 is 0 Å². The maximum atomic E-state index is 14.4. The van der Waals surface area contributed by atoms with Crippen molar-refractivity contribution in [3.05, 3.63) is 0 Å². The minimum absolute atomic E-state index is 0.123. The summed E-state index contributed by atoms with van der Waals surface area (Å²) in [6.07, 6.45) is -4.99. The van der Waals surface area contributed by atoms with Gasteiger partial charge in [0.15, 0.2) is 6.17 Å². The van der Waals surface area contributed by atoms with E-state index in [0.717, 1.165) is 6.92 Å². The van der Waals surface area contributed by atoms with Crippen molar-refractivity contribution in [3.63, 3.8) is 0 Å². The number of carbonyl (C=O) groups excluding carboxylic acids is 3. The third kappa shape index (κ3) is 4.94. The number of hydrogen-bond donors (Lipinski definition) is 0. The Balaban J connectivity index is 2.87. The molecule has 1 aliphatic heterocycles. The van der Waals surface area contributed by atoms with Crippen LogP contribution in [-0.4, -0.2) is 49.2 Å². The Morgan fingerprint density at radius 2 is 1.77 bits per heavy atom. The van der Waals surface area contributed by atoms with Crippen LogP contribution in [0.25, 0.3) is 0 Å². The second-order valence-corrected chi connectivity index (χ2v) is 5.07. The number of hydrogen-bond acceptors (Lipinski definition) is 7. The molecule has 1 rings (SSSR count). The van der Waals surface area contributed by atoms with Gasteiger partial charge in [0.1, 0.15) is 18.8 Å². The van der Waals surface area contributed by atoms with Gasteiger partial charge in [-0.05, 0) is 0 Å². The highest BCUT2D eigenvalue weighted by Gasteiger charge is 2.48. The molecule has 0 N–H and O–H groups in total. The Morgan fingerprint density at radius 1 is 1.14 bits per heavy atom. The van der Waals surface area contributed by atoms with Crippen LogP contribution in [0.1, 0.15) is 34.1 Å². The zero-order valence-electron chi connectivity index (χ0n) is 13.0. The molecule has 0 radical (unpaired) electrons. The van der Waals surface area contributed by atoms with Crippen LogP contribution in [0, 0.1) is 5.92 Å². The second-order valence-electron chi connectivity index (χ2n) is 5.07. The van der Waals surface area contributed by atoms with E-state index in [1.165, 1.54) is 6.92 Å². The summed E-state index contributed by atoms with van der Waals surface area (Å²) in [6.45, 7) is 5.13. The van der Waals surface area contributed by atoms with Crippen LogP contribution in [0.2, 0.25) is 0 Å². The van der Waals surface area contributed by atoms with Crippen LogP contribution < -0.4 is 0 Å². The Hall–Kier alpha value is -1.70. The minimum atomic E-state index is -1.70. The molecule has 0 amide bonds. The van der Waals surface area contributed by atoms with Gasteiger partial charge in [0.25, 0.3) is 0 Å². The number of carbonyl (C=O) groups is 3. The van der Waals surface area contributed by atoms with Gasteiger partial charge >= 0.3 is 17.9 Å². The van der Waals surface area contributed by atoms with E-state index in [-0.39, 0.29) is 13.0 Å². The first-order valence-corrected chi connectivity index (χ1v) is 7.05. The lowest BCUT2D eigenvalue weighted by atomic mass is 9.93. The fraction of sp³-hybridized carbons (Fsp3) is 0.786. The van der Waals surface area contributed by atoms with E-state index in [2.05, 4.69) is 0 Å². The molecule has 0 aromatic heterocycles. The predicted octanol–water partition coefficient (Wildman–Crippen LogP) is 1.13. The fourth-order valence-corrected chi connectivity index (χ4v) is 2.07. The standard InChI is InChI=1S/C14H21FO7/c1-5-11(18)22-14-7(2)13(20-9(4)17)12(15)10(21-14)6-19-8(3)16/h7,10,12-14H,5-6H2,1-4H3/t7-,10?,12+,13?,14?/m0/s1. The van der Waals surface area contributed by atoms with Crippen molar-refractivity contribution >= 4 is 17.9 Å². The first-order valence-electron chi connectivity index (χ1n) is 7.05. The molecule has 1 aliphatic rings.